The van der Waals surface area contributed by atoms with E-state index in [1.54, 1.807) is 7.05 Å². The van der Waals surface area contributed by atoms with Gasteiger partial charge in [-0.3, -0.25) is 4.99 Å². The summed E-state index contributed by atoms with van der Waals surface area (Å²) in [6.07, 6.45) is -4.30. The molecule has 0 saturated carbocycles. The van der Waals surface area contributed by atoms with Gasteiger partial charge in [0.15, 0.2) is 5.96 Å². The third-order valence-corrected chi connectivity index (χ3v) is 2.71. The Hall–Kier alpha value is -1.03. The molecule has 0 heterocycles. The van der Waals surface area contributed by atoms with Crippen LogP contribution in [-0.4, -0.2) is 32.8 Å². The van der Waals surface area contributed by atoms with E-state index < -0.39 is 11.7 Å². The van der Waals surface area contributed by atoms with E-state index in [1.165, 1.54) is 12.1 Å². The Morgan fingerprint density at radius 1 is 1.18 bits per heavy atom. The number of aliphatic imine (C=N–C) groups is 1. The van der Waals surface area contributed by atoms with Crippen molar-refractivity contribution in [2.24, 2.45) is 4.99 Å². The number of nitrogens with zero attached hydrogens (tertiary/aromatic N) is 1. The molecule has 0 atom stereocenters. The normalized spacial score (nSPS) is 11.8. The fourth-order valence-electron chi connectivity index (χ4n) is 1.60. The van der Waals surface area contributed by atoms with Gasteiger partial charge in [-0.05, 0) is 24.6 Å². The SMILES string of the molecule is CCOCCNC(=NC)NCc1ccc(C(F)(F)F)cc1.I. The van der Waals surface area contributed by atoms with Gasteiger partial charge in [0.1, 0.15) is 0 Å². The Balaban J connectivity index is 0.00000441. The molecule has 0 aliphatic heterocycles. The van der Waals surface area contributed by atoms with E-state index in [9.17, 15) is 13.2 Å². The zero-order valence-corrected chi connectivity index (χ0v) is 14.9. The number of guanidine groups is 1. The van der Waals surface area contributed by atoms with Crippen LogP contribution >= 0.6 is 24.0 Å². The van der Waals surface area contributed by atoms with Gasteiger partial charge in [-0.25, -0.2) is 0 Å². The first-order valence-corrected chi connectivity index (χ1v) is 6.65. The molecular weight excluding hydrogens is 410 g/mol. The molecule has 22 heavy (non-hydrogen) atoms. The topological polar surface area (TPSA) is 45.6 Å². The number of rotatable bonds is 6. The number of hydrogen-bond donors (Lipinski definition) is 2. The van der Waals surface area contributed by atoms with Crippen molar-refractivity contribution in [3.8, 4) is 0 Å². The quantitative estimate of drug-likeness (QED) is 0.315. The fourth-order valence-corrected chi connectivity index (χ4v) is 1.60. The Kier molecular flexibility index (Phi) is 10.2. The lowest BCUT2D eigenvalue weighted by Gasteiger charge is -2.12. The van der Waals surface area contributed by atoms with Crippen molar-refractivity contribution in [2.45, 2.75) is 19.6 Å². The predicted molar refractivity (Wildman–Crippen MR) is 91.6 cm³/mol. The lowest BCUT2D eigenvalue weighted by atomic mass is 10.1. The van der Waals surface area contributed by atoms with Crippen LogP contribution in [0.25, 0.3) is 0 Å². The summed E-state index contributed by atoms with van der Waals surface area (Å²) < 4.78 is 42.5. The third kappa shape index (κ3) is 7.83. The van der Waals surface area contributed by atoms with Gasteiger partial charge in [0.05, 0.1) is 12.2 Å². The molecule has 1 rings (SSSR count). The number of benzene rings is 1. The van der Waals surface area contributed by atoms with Gasteiger partial charge in [0.2, 0.25) is 0 Å². The standard InChI is InChI=1S/C14H20F3N3O.HI/c1-3-21-9-8-19-13(18-2)20-10-11-4-6-12(7-5-11)14(15,16)17;/h4-7H,3,8-10H2,1-2H3,(H2,18,19,20);1H. The van der Waals surface area contributed by atoms with E-state index in [1.807, 2.05) is 6.92 Å². The van der Waals surface area contributed by atoms with Crippen LogP contribution in [0.15, 0.2) is 29.3 Å². The Morgan fingerprint density at radius 3 is 2.32 bits per heavy atom. The molecule has 0 amide bonds. The van der Waals surface area contributed by atoms with Gasteiger partial charge in [-0.15, -0.1) is 24.0 Å². The highest BCUT2D eigenvalue weighted by Gasteiger charge is 2.29. The molecule has 8 heteroatoms. The summed E-state index contributed by atoms with van der Waals surface area (Å²) in [6, 6.07) is 5.04. The summed E-state index contributed by atoms with van der Waals surface area (Å²) in [7, 11) is 1.63. The van der Waals surface area contributed by atoms with Gasteiger partial charge in [-0.2, -0.15) is 13.2 Å². The lowest BCUT2D eigenvalue weighted by Crippen LogP contribution is -2.38. The molecule has 1 aromatic rings. The first kappa shape index (κ1) is 21.0. The van der Waals surface area contributed by atoms with Crippen molar-refractivity contribution in [2.75, 3.05) is 26.8 Å². The van der Waals surface area contributed by atoms with Gasteiger partial charge in [0, 0.05) is 26.7 Å². The molecule has 0 bridgehead atoms. The number of ether oxygens (including phenoxy) is 1. The van der Waals surface area contributed by atoms with E-state index in [4.69, 9.17) is 4.74 Å². The molecule has 0 aliphatic carbocycles. The van der Waals surface area contributed by atoms with Crippen LogP contribution in [0.4, 0.5) is 13.2 Å². The van der Waals surface area contributed by atoms with Crippen molar-refractivity contribution in [3.05, 3.63) is 35.4 Å². The molecule has 0 fully saturated rings. The minimum absolute atomic E-state index is 0. The predicted octanol–water partition coefficient (Wildman–Crippen LogP) is 3.02. The summed E-state index contributed by atoms with van der Waals surface area (Å²) >= 11 is 0. The second kappa shape index (κ2) is 10.7. The van der Waals surface area contributed by atoms with E-state index in [2.05, 4.69) is 15.6 Å². The maximum Gasteiger partial charge on any atom is 0.416 e. The summed E-state index contributed by atoms with van der Waals surface area (Å²) in [6.45, 7) is 4.14. The van der Waals surface area contributed by atoms with E-state index >= 15 is 0 Å². The molecule has 0 aliphatic rings. The van der Waals surface area contributed by atoms with Crippen LogP contribution in [0.1, 0.15) is 18.1 Å². The maximum atomic E-state index is 12.4. The Morgan fingerprint density at radius 2 is 1.82 bits per heavy atom. The largest absolute Gasteiger partial charge is 0.416 e. The van der Waals surface area contributed by atoms with E-state index in [-0.39, 0.29) is 24.0 Å². The van der Waals surface area contributed by atoms with Crippen LogP contribution in [0.3, 0.4) is 0 Å². The van der Waals surface area contributed by atoms with Crippen LogP contribution in [0, 0.1) is 0 Å². The second-order valence-corrected chi connectivity index (χ2v) is 4.24. The summed E-state index contributed by atoms with van der Waals surface area (Å²) in [4.78, 5) is 4.02. The number of halogens is 4. The highest BCUT2D eigenvalue weighted by Crippen LogP contribution is 2.28. The molecule has 0 unspecified atom stereocenters. The second-order valence-electron chi connectivity index (χ2n) is 4.24. The average Bonchev–Trinajstić information content (AvgIpc) is 2.46. The first-order valence-electron chi connectivity index (χ1n) is 6.65. The van der Waals surface area contributed by atoms with Crippen molar-refractivity contribution >= 4 is 29.9 Å². The molecule has 126 valence electrons. The monoisotopic (exact) mass is 431 g/mol. The smallest absolute Gasteiger partial charge is 0.380 e. The summed E-state index contributed by atoms with van der Waals surface area (Å²) in [5.74, 6) is 0.578. The lowest BCUT2D eigenvalue weighted by molar-refractivity contribution is -0.137. The molecule has 0 radical (unpaired) electrons. The summed E-state index contributed by atoms with van der Waals surface area (Å²) in [5.41, 5.74) is 0.0984. The van der Waals surface area contributed by atoms with Crippen LogP contribution in [0.5, 0.6) is 0 Å². The number of nitrogens with one attached hydrogen (secondary N) is 2. The van der Waals surface area contributed by atoms with Gasteiger partial charge in [-0.1, -0.05) is 12.1 Å². The average molecular weight is 431 g/mol. The first-order chi connectivity index (χ1) is 9.97. The van der Waals surface area contributed by atoms with E-state index in [0.29, 0.717) is 32.3 Å². The van der Waals surface area contributed by atoms with Crippen molar-refractivity contribution < 1.29 is 17.9 Å². The van der Waals surface area contributed by atoms with Gasteiger partial charge in [0.25, 0.3) is 0 Å². The maximum absolute atomic E-state index is 12.4. The molecular formula is C14H21F3IN3O. The zero-order chi connectivity index (χ0) is 15.7. The minimum atomic E-state index is -4.30. The molecule has 2 N–H and O–H groups in total. The van der Waals surface area contributed by atoms with Gasteiger partial charge < -0.3 is 15.4 Å². The third-order valence-electron chi connectivity index (χ3n) is 2.71. The van der Waals surface area contributed by atoms with E-state index in [0.717, 1.165) is 17.7 Å². The number of alkyl halides is 3. The van der Waals surface area contributed by atoms with Crippen LogP contribution in [-0.2, 0) is 17.5 Å². The zero-order valence-electron chi connectivity index (χ0n) is 12.5. The molecule has 1 aromatic carbocycles. The van der Waals surface area contributed by atoms with Crippen LogP contribution in [0.2, 0.25) is 0 Å². The fraction of sp³-hybridized carbons (Fsp3) is 0.500. The van der Waals surface area contributed by atoms with Crippen molar-refractivity contribution in [1.29, 1.82) is 0 Å². The van der Waals surface area contributed by atoms with Crippen LogP contribution < -0.4 is 10.6 Å². The molecule has 0 spiro atoms. The number of hydrogen-bond acceptors (Lipinski definition) is 2. The highest BCUT2D eigenvalue weighted by atomic mass is 127. The molecule has 4 nitrogen and oxygen atoms in total. The minimum Gasteiger partial charge on any atom is -0.380 e. The Labute approximate surface area is 145 Å². The highest BCUT2D eigenvalue weighted by molar-refractivity contribution is 14.0. The molecule has 0 aromatic heterocycles. The molecule has 0 saturated heterocycles. The summed E-state index contributed by atoms with van der Waals surface area (Å²) in [5, 5.41) is 6.07. The van der Waals surface area contributed by atoms with Crippen molar-refractivity contribution in [3.63, 3.8) is 0 Å². The van der Waals surface area contributed by atoms with Crippen molar-refractivity contribution in [1.82, 2.24) is 10.6 Å². The Bertz CT molecular complexity index is 450. The van der Waals surface area contributed by atoms with Gasteiger partial charge >= 0.3 is 6.18 Å².